The Morgan fingerprint density at radius 2 is 1.92 bits per heavy atom. The summed E-state index contributed by atoms with van der Waals surface area (Å²) in [5, 5.41) is 0. The van der Waals surface area contributed by atoms with Crippen molar-refractivity contribution in [1.82, 2.24) is 14.9 Å². The second-order valence-electron chi connectivity index (χ2n) is 6.59. The summed E-state index contributed by atoms with van der Waals surface area (Å²) in [5.74, 6) is -0.966. The zero-order valence-electron chi connectivity index (χ0n) is 14.4. The molecule has 1 fully saturated rings. The van der Waals surface area contributed by atoms with Gasteiger partial charge in [0.2, 0.25) is 11.7 Å². The molecule has 25 heavy (non-hydrogen) atoms. The number of likely N-dealkylation sites (tertiary alicyclic amines) is 1. The number of hydrogen-bond acceptors (Lipinski definition) is 5. The maximum Gasteiger partial charge on any atom is 0.451 e. The van der Waals surface area contributed by atoms with E-state index in [2.05, 4.69) is 9.97 Å². The number of piperidine rings is 1. The van der Waals surface area contributed by atoms with Gasteiger partial charge < -0.3 is 16.4 Å². The van der Waals surface area contributed by atoms with Crippen molar-refractivity contribution in [3.8, 4) is 0 Å². The van der Waals surface area contributed by atoms with Crippen molar-refractivity contribution in [2.24, 2.45) is 11.7 Å². The first-order valence-electron chi connectivity index (χ1n) is 8.34. The Kier molecular flexibility index (Phi) is 5.87. The maximum absolute atomic E-state index is 12.7. The van der Waals surface area contributed by atoms with Crippen LogP contribution in [0.3, 0.4) is 0 Å². The van der Waals surface area contributed by atoms with Gasteiger partial charge in [0.25, 0.3) is 0 Å². The number of aryl methyl sites for hydroxylation is 1. The molecule has 1 amide bonds. The molecule has 2 heterocycles. The number of carbonyl (C=O) groups is 1. The first kappa shape index (κ1) is 19.4. The highest BCUT2D eigenvalue weighted by atomic mass is 19.4. The van der Waals surface area contributed by atoms with Gasteiger partial charge in [0.15, 0.2) is 0 Å². The first-order chi connectivity index (χ1) is 11.6. The third kappa shape index (κ3) is 4.81. The van der Waals surface area contributed by atoms with Crippen LogP contribution in [0.15, 0.2) is 0 Å². The molecule has 0 bridgehead atoms. The van der Waals surface area contributed by atoms with E-state index in [1.165, 1.54) is 6.92 Å². The molecule has 0 saturated carbocycles. The number of halogens is 3. The Bertz CT molecular complexity index is 602. The summed E-state index contributed by atoms with van der Waals surface area (Å²) in [6.45, 7) is 4.50. The maximum atomic E-state index is 12.7. The number of nitrogens with zero attached hydrogens (tertiary/aromatic N) is 3. The zero-order valence-corrected chi connectivity index (χ0v) is 14.4. The molecular formula is C16H24F3N5O. The third-order valence-electron chi connectivity index (χ3n) is 4.62. The van der Waals surface area contributed by atoms with Crippen LogP contribution < -0.4 is 11.5 Å². The lowest BCUT2D eigenvalue weighted by Gasteiger charge is -2.33. The summed E-state index contributed by atoms with van der Waals surface area (Å²) >= 11 is 0. The van der Waals surface area contributed by atoms with Gasteiger partial charge in [0.05, 0.1) is 6.04 Å². The number of aromatic nitrogens is 2. The molecule has 4 N–H and O–H groups in total. The molecule has 6 nitrogen and oxygen atoms in total. The number of hydrogen-bond donors (Lipinski definition) is 2. The molecule has 1 aliphatic heterocycles. The van der Waals surface area contributed by atoms with E-state index in [0.29, 0.717) is 31.0 Å². The van der Waals surface area contributed by atoms with Gasteiger partial charge >= 0.3 is 6.18 Å². The fraction of sp³-hybridized carbons (Fsp3) is 0.688. The molecule has 0 aliphatic carbocycles. The zero-order chi connectivity index (χ0) is 18.8. The van der Waals surface area contributed by atoms with Crippen LogP contribution in [0.25, 0.3) is 0 Å². The molecule has 140 valence electrons. The summed E-state index contributed by atoms with van der Waals surface area (Å²) < 4.78 is 38.1. The number of nitrogens with two attached hydrogens (primary N) is 2. The van der Waals surface area contributed by atoms with E-state index in [9.17, 15) is 18.0 Å². The van der Waals surface area contributed by atoms with Gasteiger partial charge in [-0.1, -0.05) is 0 Å². The van der Waals surface area contributed by atoms with Crippen molar-refractivity contribution < 1.29 is 18.0 Å². The summed E-state index contributed by atoms with van der Waals surface area (Å²) in [6.07, 6.45) is -1.60. The fourth-order valence-electron chi connectivity index (χ4n) is 3.13. The van der Waals surface area contributed by atoms with E-state index in [4.69, 9.17) is 11.5 Å². The molecule has 0 radical (unpaired) electrons. The molecule has 2 rings (SSSR count). The summed E-state index contributed by atoms with van der Waals surface area (Å²) in [5.41, 5.74) is 12.2. The predicted molar refractivity (Wildman–Crippen MR) is 87.5 cm³/mol. The van der Waals surface area contributed by atoms with E-state index in [1.807, 2.05) is 0 Å². The van der Waals surface area contributed by atoms with Crippen LogP contribution >= 0.6 is 0 Å². The smallest absolute Gasteiger partial charge is 0.383 e. The predicted octanol–water partition coefficient (Wildman–Crippen LogP) is 1.90. The molecule has 1 aliphatic rings. The largest absolute Gasteiger partial charge is 0.451 e. The van der Waals surface area contributed by atoms with Crippen molar-refractivity contribution in [2.75, 3.05) is 18.8 Å². The van der Waals surface area contributed by atoms with Crippen molar-refractivity contribution >= 4 is 11.7 Å². The van der Waals surface area contributed by atoms with Crippen molar-refractivity contribution in [2.45, 2.75) is 51.7 Å². The SMILES string of the molecule is Cc1nc(C(F)(F)F)nc(N)c1CCC1CCN(C(=O)C(C)N)CC1. The molecule has 1 aromatic heterocycles. The molecule has 0 aromatic carbocycles. The van der Waals surface area contributed by atoms with Crippen LogP contribution in [0.4, 0.5) is 19.0 Å². The van der Waals surface area contributed by atoms with Gasteiger partial charge in [0, 0.05) is 24.3 Å². The normalized spacial score (nSPS) is 17.6. The molecule has 1 aromatic rings. The monoisotopic (exact) mass is 359 g/mol. The van der Waals surface area contributed by atoms with Crippen LogP contribution in [0.5, 0.6) is 0 Å². The molecule has 1 saturated heterocycles. The lowest BCUT2D eigenvalue weighted by atomic mass is 9.90. The summed E-state index contributed by atoms with van der Waals surface area (Å²) in [6, 6.07) is -0.497. The molecule has 1 atom stereocenters. The second-order valence-corrected chi connectivity index (χ2v) is 6.59. The number of rotatable bonds is 4. The minimum Gasteiger partial charge on any atom is -0.383 e. The number of amides is 1. The van der Waals surface area contributed by atoms with Gasteiger partial charge in [-0.2, -0.15) is 13.2 Å². The highest BCUT2D eigenvalue weighted by Crippen LogP contribution is 2.30. The summed E-state index contributed by atoms with van der Waals surface area (Å²) in [7, 11) is 0. The van der Waals surface area contributed by atoms with E-state index in [0.717, 1.165) is 19.3 Å². The van der Waals surface area contributed by atoms with E-state index in [-0.39, 0.29) is 17.4 Å². The quantitative estimate of drug-likeness (QED) is 0.856. The summed E-state index contributed by atoms with van der Waals surface area (Å²) in [4.78, 5) is 20.6. The molecule has 9 heteroatoms. The Hall–Kier alpha value is -1.90. The lowest BCUT2D eigenvalue weighted by molar-refractivity contribution is -0.145. The topological polar surface area (TPSA) is 98.1 Å². The first-order valence-corrected chi connectivity index (χ1v) is 8.34. The lowest BCUT2D eigenvalue weighted by Crippen LogP contribution is -2.45. The van der Waals surface area contributed by atoms with Gasteiger partial charge in [-0.15, -0.1) is 0 Å². The Morgan fingerprint density at radius 1 is 1.32 bits per heavy atom. The van der Waals surface area contributed by atoms with Crippen molar-refractivity contribution in [3.05, 3.63) is 17.1 Å². The number of carbonyl (C=O) groups excluding carboxylic acids is 1. The average molecular weight is 359 g/mol. The van der Waals surface area contributed by atoms with E-state index < -0.39 is 18.0 Å². The Labute approximate surface area is 144 Å². The number of anilines is 1. The second kappa shape index (κ2) is 7.55. The molecule has 1 unspecified atom stereocenters. The number of nitrogen functional groups attached to an aromatic ring is 1. The molecular weight excluding hydrogens is 335 g/mol. The molecule has 0 spiro atoms. The average Bonchev–Trinajstić information content (AvgIpc) is 2.52. The minimum atomic E-state index is -4.60. The van der Waals surface area contributed by atoms with Gasteiger partial charge in [-0.25, -0.2) is 9.97 Å². The van der Waals surface area contributed by atoms with Crippen LogP contribution in [0.1, 0.15) is 43.3 Å². The highest BCUT2D eigenvalue weighted by molar-refractivity contribution is 5.81. The standard InChI is InChI=1S/C16H24F3N5O/c1-9(20)14(25)24-7-5-11(6-8-24)3-4-12-10(2)22-15(16(17,18)19)23-13(12)21/h9,11H,3-8,20H2,1-2H3,(H2,21,22,23). The Balaban J connectivity index is 1.94. The van der Waals surface area contributed by atoms with Gasteiger partial charge in [-0.3, -0.25) is 4.79 Å². The van der Waals surface area contributed by atoms with Crippen LogP contribution in [-0.2, 0) is 17.4 Å². The van der Waals surface area contributed by atoms with E-state index >= 15 is 0 Å². The van der Waals surface area contributed by atoms with Crippen LogP contribution in [-0.4, -0.2) is 39.9 Å². The van der Waals surface area contributed by atoms with Crippen molar-refractivity contribution in [1.29, 1.82) is 0 Å². The fourth-order valence-corrected chi connectivity index (χ4v) is 3.13. The minimum absolute atomic E-state index is 0.0466. The van der Waals surface area contributed by atoms with Crippen LogP contribution in [0.2, 0.25) is 0 Å². The van der Waals surface area contributed by atoms with E-state index in [1.54, 1.807) is 11.8 Å². The van der Waals surface area contributed by atoms with Gasteiger partial charge in [-0.05, 0) is 45.4 Å². The number of alkyl halides is 3. The highest BCUT2D eigenvalue weighted by Gasteiger charge is 2.35. The van der Waals surface area contributed by atoms with Crippen LogP contribution in [0, 0.1) is 12.8 Å². The third-order valence-corrected chi connectivity index (χ3v) is 4.62. The van der Waals surface area contributed by atoms with Crippen molar-refractivity contribution in [3.63, 3.8) is 0 Å². The van der Waals surface area contributed by atoms with Gasteiger partial charge in [0.1, 0.15) is 5.82 Å². The Morgan fingerprint density at radius 3 is 2.40 bits per heavy atom.